The van der Waals surface area contributed by atoms with E-state index in [1.54, 1.807) is 30.1 Å². The summed E-state index contributed by atoms with van der Waals surface area (Å²) in [5.41, 5.74) is 2.53. The van der Waals surface area contributed by atoms with Crippen LogP contribution in [0.25, 0.3) is 5.82 Å². The average Bonchev–Trinajstić information content (AvgIpc) is 3.12. The number of aromatic nitrogens is 4. The van der Waals surface area contributed by atoms with Crippen LogP contribution in [0.2, 0.25) is 0 Å². The maximum atomic E-state index is 12.7. The molecule has 0 saturated heterocycles. The number of aryl methyl sites for hydroxylation is 4. The number of nitrogens with zero attached hydrogens (tertiary/aromatic N) is 4. The van der Waals surface area contributed by atoms with Crippen molar-refractivity contribution in [1.29, 1.82) is 0 Å². The van der Waals surface area contributed by atoms with Gasteiger partial charge in [-0.2, -0.15) is 5.10 Å². The standard InChI is InChI=1S/C19H24N6O2S/c1-13-10-14(2)19(15(3)11-13)28(26,27)22-8-7-20-17-12-18(24-16(4)23-17)25-9-5-6-21-25/h5-6,9-12,22H,7-8H2,1-4H3,(H,20,23,24). The molecular formula is C19H24N6O2S. The maximum absolute atomic E-state index is 12.7. The molecule has 0 unspecified atom stereocenters. The van der Waals surface area contributed by atoms with Crippen LogP contribution >= 0.6 is 0 Å². The van der Waals surface area contributed by atoms with Crippen molar-refractivity contribution in [3.05, 3.63) is 59.2 Å². The first-order valence-electron chi connectivity index (χ1n) is 8.93. The summed E-state index contributed by atoms with van der Waals surface area (Å²) in [6.45, 7) is 7.99. The molecule has 2 N–H and O–H groups in total. The van der Waals surface area contributed by atoms with Crippen LogP contribution in [0.4, 0.5) is 5.82 Å². The molecule has 1 aromatic carbocycles. The normalized spacial score (nSPS) is 11.6. The third-order valence-corrected chi connectivity index (χ3v) is 5.93. The third-order valence-electron chi connectivity index (χ3n) is 4.16. The van der Waals surface area contributed by atoms with Crippen molar-refractivity contribution in [3.63, 3.8) is 0 Å². The molecular weight excluding hydrogens is 376 g/mol. The molecule has 9 heteroatoms. The molecule has 3 aromatic rings. The first kappa shape index (κ1) is 20.0. The summed E-state index contributed by atoms with van der Waals surface area (Å²) < 4.78 is 29.7. The fourth-order valence-corrected chi connectivity index (χ4v) is 4.68. The van der Waals surface area contributed by atoms with E-state index in [4.69, 9.17) is 0 Å². The number of hydrogen-bond acceptors (Lipinski definition) is 6. The Morgan fingerprint density at radius 2 is 1.71 bits per heavy atom. The highest BCUT2D eigenvalue weighted by molar-refractivity contribution is 7.89. The number of nitrogens with one attached hydrogen (secondary N) is 2. The largest absolute Gasteiger partial charge is 0.369 e. The summed E-state index contributed by atoms with van der Waals surface area (Å²) in [5.74, 6) is 1.85. The molecule has 2 heterocycles. The number of anilines is 1. The molecule has 0 fully saturated rings. The highest BCUT2D eigenvalue weighted by atomic mass is 32.2. The minimum Gasteiger partial charge on any atom is -0.369 e. The molecule has 8 nitrogen and oxygen atoms in total. The minimum absolute atomic E-state index is 0.231. The van der Waals surface area contributed by atoms with Gasteiger partial charge in [-0.15, -0.1) is 0 Å². The van der Waals surface area contributed by atoms with Crippen molar-refractivity contribution < 1.29 is 8.42 Å². The Bertz CT molecular complexity index is 1050. The summed E-state index contributed by atoms with van der Waals surface area (Å²) in [6, 6.07) is 7.33. The molecule has 3 rings (SSSR count). The summed E-state index contributed by atoms with van der Waals surface area (Å²) >= 11 is 0. The van der Waals surface area contributed by atoms with Crippen LogP contribution in [0.3, 0.4) is 0 Å². The predicted molar refractivity (Wildman–Crippen MR) is 108 cm³/mol. The van der Waals surface area contributed by atoms with Gasteiger partial charge in [-0.25, -0.2) is 27.8 Å². The van der Waals surface area contributed by atoms with Crippen LogP contribution in [0.15, 0.2) is 41.6 Å². The zero-order chi connectivity index (χ0) is 20.3. The van der Waals surface area contributed by atoms with Gasteiger partial charge in [0.1, 0.15) is 11.6 Å². The number of sulfonamides is 1. The first-order chi connectivity index (χ1) is 13.3. The molecule has 0 aliphatic rings. The van der Waals surface area contributed by atoms with E-state index in [9.17, 15) is 8.42 Å². The topological polar surface area (TPSA) is 102 Å². The third kappa shape index (κ3) is 4.55. The first-order valence-corrected chi connectivity index (χ1v) is 10.4. The van der Waals surface area contributed by atoms with Crippen molar-refractivity contribution in [1.82, 2.24) is 24.5 Å². The second kappa shape index (κ2) is 8.07. The van der Waals surface area contributed by atoms with Crippen LogP contribution in [-0.2, 0) is 10.0 Å². The fourth-order valence-electron chi connectivity index (χ4n) is 3.20. The van der Waals surface area contributed by atoms with Gasteiger partial charge in [-0.1, -0.05) is 17.7 Å². The van der Waals surface area contributed by atoms with E-state index in [0.29, 0.717) is 28.9 Å². The summed E-state index contributed by atoms with van der Waals surface area (Å²) in [4.78, 5) is 9.03. The van der Waals surface area contributed by atoms with Gasteiger partial charge in [-0.05, 0) is 44.9 Å². The summed E-state index contributed by atoms with van der Waals surface area (Å²) in [7, 11) is -3.58. The molecule has 0 aliphatic carbocycles. The lowest BCUT2D eigenvalue weighted by atomic mass is 10.1. The Morgan fingerprint density at radius 1 is 1.00 bits per heavy atom. The Balaban J connectivity index is 1.65. The monoisotopic (exact) mass is 400 g/mol. The van der Waals surface area contributed by atoms with Gasteiger partial charge in [0.15, 0.2) is 5.82 Å². The van der Waals surface area contributed by atoms with E-state index in [1.165, 1.54) is 0 Å². The van der Waals surface area contributed by atoms with Crippen LogP contribution in [0.5, 0.6) is 0 Å². The van der Waals surface area contributed by atoms with Gasteiger partial charge in [0.25, 0.3) is 0 Å². The second-order valence-electron chi connectivity index (χ2n) is 6.66. The second-order valence-corrected chi connectivity index (χ2v) is 8.37. The quantitative estimate of drug-likeness (QED) is 0.590. The van der Waals surface area contributed by atoms with Crippen LogP contribution in [0.1, 0.15) is 22.5 Å². The average molecular weight is 401 g/mol. The van der Waals surface area contributed by atoms with Crippen LogP contribution in [-0.4, -0.2) is 41.3 Å². The molecule has 0 radical (unpaired) electrons. The van der Waals surface area contributed by atoms with Gasteiger partial charge in [0.05, 0.1) is 4.90 Å². The van der Waals surface area contributed by atoms with Gasteiger partial charge >= 0.3 is 0 Å². The predicted octanol–water partition coefficient (Wildman–Crippen LogP) is 2.29. The smallest absolute Gasteiger partial charge is 0.241 e. The zero-order valence-electron chi connectivity index (χ0n) is 16.4. The Morgan fingerprint density at radius 3 is 2.36 bits per heavy atom. The van der Waals surface area contributed by atoms with Gasteiger partial charge in [-0.3, -0.25) is 0 Å². The highest BCUT2D eigenvalue weighted by Gasteiger charge is 2.19. The van der Waals surface area contributed by atoms with Gasteiger partial charge in [0, 0.05) is 31.5 Å². The Labute approximate surface area is 165 Å². The lowest BCUT2D eigenvalue weighted by molar-refractivity contribution is 0.581. The number of rotatable bonds is 7. The highest BCUT2D eigenvalue weighted by Crippen LogP contribution is 2.21. The van der Waals surface area contributed by atoms with Crippen molar-refractivity contribution in [3.8, 4) is 5.82 Å². The van der Waals surface area contributed by atoms with E-state index in [0.717, 1.165) is 16.7 Å². The van der Waals surface area contributed by atoms with E-state index in [1.807, 2.05) is 39.0 Å². The molecule has 148 valence electrons. The fraction of sp³-hybridized carbons (Fsp3) is 0.316. The molecule has 2 aromatic heterocycles. The number of benzene rings is 1. The lowest BCUT2D eigenvalue weighted by Gasteiger charge is -2.14. The summed E-state index contributed by atoms with van der Waals surface area (Å²) in [5, 5.41) is 7.29. The number of hydrogen-bond donors (Lipinski definition) is 2. The van der Waals surface area contributed by atoms with Crippen LogP contribution in [0, 0.1) is 27.7 Å². The van der Waals surface area contributed by atoms with Gasteiger partial charge < -0.3 is 5.32 Å². The molecule has 0 bridgehead atoms. The van der Waals surface area contributed by atoms with E-state index in [2.05, 4.69) is 25.1 Å². The van der Waals surface area contributed by atoms with Crippen molar-refractivity contribution in [2.45, 2.75) is 32.6 Å². The van der Waals surface area contributed by atoms with Crippen molar-refractivity contribution >= 4 is 15.8 Å². The van der Waals surface area contributed by atoms with Gasteiger partial charge in [0.2, 0.25) is 10.0 Å². The molecule has 0 atom stereocenters. The maximum Gasteiger partial charge on any atom is 0.241 e. The van der Waals surface area contributed by atoms with Crippen molar-refractivity contribution in [2.75, 3.05) is 18.4 Å². The Hall–Kier alpha value is -2.78. The van der Waals surface area contributed by atoms with Crippen LogP contribution < -0.4 is 10.0 Å². The zero-order valence-corrected chi connectivity index (χ0v) is 17.2. The molecule has 0 spiro atoms. The SMILES string of the molecule is Cc1cc(C)c(S(=O)(=O)NCCNc2cc(-n3cccn3)nc(C)n2)c(C)c1. The molecule has 0 amide bonds. The van der Waals surface area contributed by atoms with Crippen molar-refractivity contribution in [2.24, 2.45) is 0 Å². The molecule has 0 aliphatic heterocycles. The minimum atomic E-state index is -3.58. The van der Waals surface area contributed by atoms with E-state index >= 15 is 0 Å². The Kier molecular flexibility index (Phi) is 5.76. The lowest BCUT2D eigenvalue weighted by Crippen LogP contribution is -2.30. The molecule has 28 heavy (non-hydrogen) atoms. The van der Waals surface area contributed by atoms with E-state index in [-0.39, 0.29) is 6.54 Å². The molecule has 0 saturated carbocycles. The summed E-state index contributed by atoms with van der Waals surface area (Å²) in [6.07, 6.45) is 3.47. The van der Waals surface area contributed by atoms with E-state index < -0.39 is 10.0 Å².